The molecule has 3 nitrogen and oxygen atoms in total. The van der Waals surface area contributed by atoms with E-state index in [2.05, 4.69) is 12.2 Å². The first-order valence-electron chi connectivity index (χ1n) is 5.67. The van der Waals surface area contributed by atoms with Crippen LogP contribution in [0, 0.1) is 6.92 Å². The fraction of sp³-hybridized carbons (Fsp3) is 0.583. The smallest absolute Gasteiger partial charge is 0.261 e. The lowest BCUT2D eigenvalue weighted by molar-refractivity contribution is 0.0957. The number of hydrogen-bond acceptors (Lipinski definition) is 3. The van der Waals surface area contributed by atoms with E-state index in [4.69, 9.17) is 5.73 Å². The van der Waals surface area contributed by atoms with E-state index in [1.165, 1.54) is 10.4 Å². The average molecular weight is 240 g/mol. The number of carbonyl (C=O) groups excluding carboxylic acids is 1. The first kappa shape index (κ1) is 13.2. The third-order valence-corrected chi connectivity index (χ3v) is 3.83. The molecule has 0 fully saturated rings. The molecule has 1 heterocycles. The number of amides is 1. The minimum absolute atomic E-state index is 0.0217. The van der Waals surface area contributed by atoms with E-state index >= 15 is 0 Å². The van der Waals surface area contributed by atoms with E-state index in [9.17, 15) is 4.79 Å². The molecule has 1 atom stereocenters. The molecule has 3 N–H and O–H groups in total. The van der Waals surface area contributed by atoms with Crippen LogP contribution < -0.4 is 11.1 Å². The van der Waals surface area contributed by atoms with Crippen molar-refractivity contribution in [1.29, 1.82) is 0 Å². The topological polar surface area (TPSA) is 55.1 Å². The summed E-state index contributed by atoms with van der Waals surface area (Å²) in [4.78, 5) is 13.9. The minimum atomic E-state index is 0.0217. The molecule has 1 aromatic rings. The highest BCUT2D eigenvalue weighted by Gasteiger charge is 2.10. The molecule has 0 spiro atoms. The van der Waals surface area contributed by atoms with Crippen molar-refractivity contribution in [3.8, 4) is 0 Å². The average Bonchev–Trinajstić information content (AvgIpc) is 2.59. The Bertz CT molecular complexity index is 358. The summed E-state index contributed by atoms with van der Waals surface area (Å²) < 4.78 is 0. The maximum atomic E-state index is 11.8. The summed E-state index contributed by atoms with van der Waals surface area (Å²) >= 11 is 1.58. The molecule has 1 unspecified atom stereocenters. The van der Waals surface area contributed by atoms with Crippen molar-refractivity contribution in [3.63, 3.8) is 0 Å². The normalized spacial score (nSPS) is 12.5. The molecule has 0 aliphatic heterocycles. The fourth-order valence-corrected chi connectivity index (χ4v) is 2.51. The van der Waals surface area contributed by atoms with Crippen molar-refractivity contribution in [1.82, 2.24) is 5.32 Å². The molecule has 0 saturated carbocycles. The van der Waals surface area contributed by atoms with Crippen molar-refractivity contribution in [2.75, 3.05) is 6.54 Å². The Hall–Kier alpha value is -0.870. The van der Waals surface area contributed by atoms with Crippen LogP contribution in [0.5, 0.6) is 0 Å². The van der Waals surface area contributed by atoms with Crippen LogP contribution in [0.15, 0.2) is 6.07 Å². The number of carbonyl (C=O) groups is 1. The predicted octanol–water partition coefficient (Wildman–Crippen LogP) is 2.09. The minimum Gasteiger partial charge on any atom is -0.351 e. The van der Waals surface area contributed by atoms with Gasteiger partial charge in [0.2, 0.25) is 0 Å². The fourth-order valence-electron chi connectivity index (χ4n) is 1.48. The lowest BCUT2D eigenvalue weighted by Gasteiger charge is -2.05. The van der Waals surface area contributed by atoms with Crippen LogP contribution in [-0.4, -0.2) is 18.5 Å². The lowest BCUT2D eigenvalue weighted by Crippen LogP contribution is -2.28. The molecule has 0 aliphatic rings. The molecule has 0 aliphatic carbocycles. The van der Waals surface area contributed by atoms with Gasteiger partial charge in [-0.05, 0) is 38.3 Å². The molecule has 1 aromatic heterocycles. The SMILES string of the molecule is CCc1sc(C(=O)NCCC(C)N)cc1C. The highest BCUT2D eigenvalue weighted by molar-refractivity contribution is 7.14. The molecule has 1 rings (SSSR count). The molecule has 1 amide bonds. The first-order chi connectivity index (χ1) is 7.54. The second kappa shape index (κ2) is 6.01. The van der Waals surface area contributed by atoms with Gasteiger partial charge in [0.25, 0.3) is 5.91 Å². The highest BCUT2D eigenvalue weighted by atomic mass is 32.1. The van der Waals surface area contributed by atoms with E-state index < -0.39 is 0 Å². The molecule has 4 heteroatoms. The quantitative estimate of drug-likeness (QED) is 0.828. The Morgan fingerprint density at radius 1 is 1.62 bits per heavy atom. The molecule has 90 valence electrons. The van der Waals surface area contributed by atoms with Gasteiger partial charge in [-0.1, -0.05) is 6.92 Å². The van der Waals surface area contributed by atoms with Crippen LogP contribution in [0.3, 0.4) is 0 Å². The third-order valence-electron chi connectivity index (χ3n) is 2.45. The molecular formula is C12H20N2OS. The van der Waals surface area contributed by atoms with Crippen LogP contribution in [0.1, 0.15) is 40.4 Å². The molecule has 0 bridgehead atoms. The molecular weight excluding hydrogens is 220 g/mol. The van der Waals surface area contributed by atoms with Crippen LogP contribution in [0.25, 0.3) is 0 Å². The maximum absolute atomic E-state index is 11.8. The van der Waals surface area contributed by atoms with Crippen molar-refractivity contribution in [2.24, 2.45) is 5.73 Å². The van der Waals surface area contributed by atoms with Crippen molar-refractivity contribution < 1.29 is 4.79 Å². The number of hydrogen-bond donors (Lipinski definition) is 2. The van der Waals surface area contributed by atoms with E-state index in [1.807, 2.05) is 19.9 Å². The standard InChI is InChI=1S/C12H20N2OS/c1-4-10-8(2)7-11(16-10)12(15)14-6-5-9(3)13/h7,9H,4-6,13H2,1-3H3,(H,14,15). The van der Waals surface area contributed by atoms with Crippen molar-refractivity contribution in [2.45, 2.75) is 39.7 Å². The van der Waals surface area contributed by atoms with Gasteiger partial charge in [-0.15, -0.1) is 11.3 Å². The van der Waals surface area contributed by atoms with Gasteiger partial charge in [0.15, 0.2) is 0 Å². The predicted molar refractivity (Wildman–Crippen MR) is 69.0 cm³/mol. The second-order valence-electron chi connectivity index (χ2n) is 4.09. The summed E-state index contributed by atoms with van der Waals surface area (Å²) in [6.45, 7) is 6.75. The number of nitrogens with one attached hydrogen (secondary N) is 1. The zero-order chi connectivity index (χ0) is 12.1. The number of nitrogens with two attached hydrogens (primary N) is 1. The Labute approximate surface area is 101 Å². The van der Waals surface area contributed by atoms with Crippen LogP contribution in [0.2, 0.25) is 0 Å². The van der Waals surface area contributed by atoms with E-state index in [-0.39, 0.29) is 11.9 Å². The Morgan fingerprint density at radius 2 is 2.31 bits per heavy atom. The lowest BCUT2D eigenvalue weighted by atomic mass is 10.2. The van der Waals surface area contributed by atoms with E-state index in [0.29, 0.717) is 6.54 Å². The van der Waals surface area contributed by atoms with E-state index in [1.54, 1.807) is 11.3 Å². The van der Waals surface area contributed by atoms with Gasteiger partial charge in [0.1, 0.15) is 0 Å². The van der Waals surface area contributed by atoms with Crippen molar-refractivity contribution >= 4 is 17.2 Å². The largest absolute Gasteiger partial charge is 0.351 e. The summed E-state index contributed by atoms with van der Waals surface area (Å²) in [5, 5.41) is 2.89. The van der Waals surface area contributed by atoms with Gasteiger partial charge in [-0.2, -0.15) is 0 Å². The van der Waals surface area contributed by atoms with Crippen LogP contribution in [0.4, 0.5) is 0 Å². The van der Waals surface area contributed by atoms with Gasteiger partial charge >= 0.3 is 0 Å². The van der Waals surface area contributed by atoms with Crippen LogP contribution >= 0.6 is 11.3 Å². The van der Waals surface area contributed by atoms with E-state index in [0.717, 1.165) is 17.7 Å². The molecule has 0 aromatic carbocycles. The zero-order valence-corrected chi connectivity index (χ0v) is 11.0. The maximum Gasteiger partial charge on any atom is 0.261 e. The number of aryl methyl sites for hydroxylation is 2. The summed E-state index contributed by atoms with van der Waals surface area (Å²) in [5.74, 6) is 0.0217. The molecule has 16 heavy (non-hydrogen) atoms. The van der Waals surface area contributed by atoms with Crippen LogP contribution in [-0.2, 0) is 6.42 Å². The monoisotopic (exact) mass is 240 g/mol. The number of rotatable bonds is 5. The summed E-state index contributed by atoms with van der Waals surface area (Å²) in [5.41, 5.74) is 6.83. The van der Waals surface area contributed by atoms with Gasteiger partial charge in [-0.3, -0.25) is 4.79 Å². The Kier molecular flexibility index (Phi) is 4.96. The summed E-state index contributed by atoms with van der Waals surface area (Å²) in [6, 6.07) is 2.10. The Morgan fingerprint density at radius 3 is 2.81 bits per heavy atom. The Balaban J connectivity index is 2.52. The van der Waals surface area contributed by atoms with Gasteiger partial charge in [-0.25, -0.2) is 0 Å². The molecule has 0 saturated heterocycles. The summed E-state index contributed by atoms with van der Waals surface area (Å²) in [6.07, 6.45) is 1.81. The second-order valence-corrected chi connectivity index (χ2v) is 5.23. The van der Waals surface area contributed by atoms with Gasteiger partial charge in [0.05, 0.1) is 4.88 Å². The third kappa shape index (κ3) is 3.61. The summed E-state index contributed by atoms with van der Waals surface area (Å²) in [7, 11) is 0. The van der Waals surface area contributed by atoms with Crippen molar-refractivity contribution in [3.05, 3.63) is 21.4 Å². The van der Waals surface area contributed by atoms with Gasteiger partial charge in [0, 0.05) is 17.5 Å². The van der Waals surface area contributed by atoms with Gasteiger partial charge < -0.3 is 11.1 Å². The molecule has 0 radical (unpaired) electrons. The zero-order valence-electron chi connectivity index (χ0n) is 10.2. The number of thiophene rings is 1. The highest BCUT2D eigenvalue weighted by Crippen LogP contribution is 2.22. The first-order valence-corrected chi connectivity index (χ1v) is 6.49.